The second-order valence-corrected chi connectivity index (χ2v) is 3.33. The van der Waals surface area contributed by atoms with E-state index in [0.717, 1.165) is 12.8 Å². The molecule has 0 aliphatic rings. The zero-order chi connectivity index (χ0) is 10.3. The number of carbonyl (C=O) groups excluding carboxylic acids is 1. The lowest BCUT2D eigenvalue weighted by molar-refractivity contribution is -0.176. The smallest absolute Gasteiger partial charge is 0.305 e. The van der Waals surface area contributed by atoms with Gasteiger partial charge in [0.1, 0.15) is 0 Å². The molecule has 0 saturated heterocycles. The highest BCUT2D eigenvalue weighted by atomic mass is 16.6. The summed E-state index contributed by atoms with van der Waals surface area (Å²) in [5.41, 5.74) is 0. The Morgan fingerprint density at radius 1 is 1.38 bits per heavy atom. The third-order valence-electron chi connectivity index (χ3n) is 1.46. The molecule has 4 heteroatoms. The molecule has 0 spiro atoms. The first kappa shape index (κ1) is 12.4. The van der Waals surface area contributed by atoms with Gasteiger partial charge in [0.15, 0.2) is 5.79 Å². The number of esters is 1. The van der Waals surface area contributed by atoms with Crippen LogP contribution in [0.4, 0.5) is 0 Å². The molecule has 0 amide bonds. The van der Waals surface area contributed by atoms with Crippen molar-refractivity contribution >= 4 is 5.97 Å². The van der Waals surface area contributed by atoms with Gasteiger partial charge in [-0.1, -0.05) is 0 Å². The van der Waals surface area contributed by atoms with E-state index in [1.165, 1.54) is 7.11 Å². The molecule has 0 radical (unpaired) electrons. The van der Waals surface area contributed by atoms with E-state index in [2.05, 4.69) is 4.74 Å². The topological polar surface area (TPSA) is 55.8 Å². The van der Waals surface area contributed by atoms with E-state index >= 15 is 0 Å². The van der Waals surface area contributed by atoms with Crippen LogP contribution in [0.1, 0.15) is 33.1 Å². The maximum Gasteiger partial charge on any atom is 0.305 e. The highest BCUT2D eigenvalue weighted by molar-refractivity contribution is 5.68. The molecule has 0 aliphatic carbocycles. The third kappa shape index (κ3) is 9.30. The molecule has 0 aromatic carbocycles. The van der Waals surface area contributed by atoms with Crippen LogP contribution in [0.15, 0.2) is 0 Å². The molecular formula is C9H18O4. The number of ether oxygens (including phenoxy) is 2. The van der Waals surface area contributed by atoms with Gasteiger partial charge in [-0.3, -0.25) is 4.79 Å². The second-order valence-electron chi connectivity index (χ2n) is 3.33. The van der Waals surface area contributed by atoms with Crippen molar-refractivity contribution in [1.82, 2.24) is 0 Å². The molecule has 0 aromatic rings. The van der Waals surface area contributed by atoms with Gasteiger partial charge in [0.05, 0.1) is 13.7 Å². The Hall–Kier alpha value is -0.610. The number of carbonyl (C=O) groups is 1. The monoisotopic (exact) mass is 190 g/mol. The third-order valence-corrected chi connectivity index (χ3v) is 1.46. The summed E-state index contributed by atoms with van der Waals surface area (Å²) in [6.07, 6.45) is 1.88. The second kappa shape index (κ2) is 5.94. The van der Waals surface area contributed by atoms with Crippen molar-refractivity contribution in [2.45, 2.75) is 38.9 Å². The van der Waals surface area contributed by atoms with Crippen LogP contribution in [-0.2, 0) is 14.3 Å². The molecule has 1 N–H and O–H groups in total. The van der Waals surface area contributed by atoms with Crippen LogP contribution in [0.2, 0.25) is 0 Å². The molecule has 0 fully saturated rings. The molecule has 78 valence electrons. The zero-order valence-electron chi connectivity index (χ0n) is 8.50. The Balaban J connectivity index is 3.22. The van der Waals surface area contributed by atoms with E-state index in [1.54, 1.807) is 13.8 Å². The van der Waals surface area contributed by atoms with Gasteiger partial charge in [-0.15, -0.1) is 0 Å². The normalized spacial score (nSPS) is 11.4. The van der Waals surface area contributed by atoms with E-state index in [9.17, 15) is 4.79 Å². The molecule has 0 atom stereocenters. The number of rotatable bonds is 6. The minimum absolute atomic E-state index is 0.205. The van der Waals surface area contributed by atoms with Gasteiger partial charge >= 0.3 is 5.97 Å². The summed E-state index contributed by atoms with van der Waals surface area (Å²) in [7, 11) is 1.37. The van der Waals surface area contributed by atoms with Crippen molar-refractivity contribution in [3.63, 3.8) is 0 Å². The van der Waals surface area contributed by atoms with Crippen LogP contribution in [-0.4, -0.2) is 30.6 Å². The van der Waals surface area contributed by atoms with Crippen LogP contribution in [0.25, 0.3) is 0 Å². The number of hydrogen-bond donors (Lipinski definition) is 1. The first-order valence-electron chi connectivity index (χ1n) is 4.39. The molecule has 0 bridgehead atoms. The lowest BCUT2D eigenvalue weighted by atomic mass is 10.2. The molecule has 0 heterocycles. The lowest BCUT2D eigenvalue weighted by Gasteiger charge is -2.17. The first-order chi connectivity index (χ1) is 5.95. The van der Waals surface area contributed by atoms with Crippen molar-refractivity contribution in [1.29, 1.82) is 0 Å². The SMILES string of the molecule is COC(=O)CCCCOC(C)(C)O. The van der Waals surface area contributed by atoms with Crippen molar-refractivity contribution in [3.8, 4) is 0 Å². The van der Waals surface area contributed by atoms with Gasteiger partial charge in [0.2, 0.25) is 0 Å². The quantitative estimate of drug-likeness (QED) is 0.387. The fourth-order valence-corrected chi connectivity index (χ4v) is 0.795. The van der Waals surface area contributed by atoms with Gasteiger partial charge < -0.3 is 14.6 Å². The predicted octanol–water partition coefficient (Wildman–Crippen LogP) is 1.07. The molecule has 0 saturated carbocycles. The van der Waals surface area contributed by atoms with Gasteiger partial charge in [0.25, 0.3) is 0 Å². The van der Waals surface area contributed by atoms with Gasteiger partial charge in [-0.25, -0.2) is 0 Å². The predicted molar refractivity (Wildman–Crippen MR) is 48.1 cm³/mol. The summed E-state index contributed by atoms with van der Waals surface area (Å²) >= 11 is 0. The Labute approximate surface area is 78.8 Å². The lowest BCUT2D eigenvalue weighted by Crippen LogP contribution is -2.23. The molecular weight excluding hydrogens is 172 g/mol. The maximum atomic E-state index is 10.7. The highest BCUT2D eigenvalue weighted by Crippen LogP contribution is 2.05. The average Bonchev–Trinajstić information content (AvgIpc) is 2.01. The number of hydrogen-bond acceptors (Lipinski definition) is 4. The first-order valence-corrected chi connectivity index (χ1v) is 4.39. The van der Waals surface area contributed by atoms with Crippen molar-refractivity contribution in [2.75, 3.05) is 13.7 Å². The van der Waals surface area contributed by atoms with Crippen LogP contribution >= 0.6 is 0 Å². The molecule has 0 rings (SSSR count). The summed E-state index contributed by atoms with van der Waals surface area (Å²) < 4.78 is 9.52. The van der Waals surface area contributed by atoms with Crippen molar-refractivity contribution < 1.29 is 19.4 Å². The van der Waals surface area contributed by atoms with Crippen molar-refractivity contribution in [3.05, 3.63) is 0 Å². The number of methoxy groups -OCH3 is 1. The fraction of sp³-hybridized carbons (Fsp3) is 0.889. The van der Waals surface area contributed by atoms with E-state index in [0.29, 0.717) is 13.0 Å². The summed E-state index contributed by atoms with van der Waals surface area (Å²) in [6, 6.07) is 0. The minimum atomic E-state index is -1.08. The number of unbranched alkanes of at least 4 members (excludes halogenated alkanes) is 1. The standard InChI is InChI=1S/C9H18O4/c1-9(2,11)13-7-5-4-6-8(10)12-3/h11H,4-7H2,1-3H3. The maximum absolute atomic E-state index is 10.7. The van der Waals surface area contributed by atoms with E-state index in [4.69, 9.17) is 9.84 Å². The van der Waals surface area contributed by atoms with E-state index in [-0.39, 0.29) is 5.97 Å². The van der Waals surface area contributed by atoms with Gasteiger partial charge in [-0.2, -0.15) is 0 Å². The summed E-state index contributed by atoms with van der Waals surface area (Å²) in [6.45, 7) is 3.61. The number of aliphatic hydroxyl groups is 1. The van der Waals surface area contributed by atoms with Crippen LogP contribution < -0.4 is 0 Å². The minimum Gasteiger partial charge on any atom is -0.469 e. The molecule has 0 aromatic heterocycles. The highest BCUT2D eigenvalue weighted by Gasteiger charge is 2.11. The molecule has 13 heavy (non-hydrogen) atoms. The zero-order valence-corrected chi connectivity index (χ0v) is 8.50. The largest absolute Gasteiger partial charge is 0.469 e. The van der Waals surface area contributed by atoms with Crippen LogP contribution in [0, 0.1) is 0 Å². The Morgan fingerprint density at radius 2 is 2.00 bits per heavy atom. The van der Waals surface area contributed by atoms with Gasteiger partial charge in [0, 0.05) is 6.42 Å². The summed E-state index contributed by atoms with van der Waals surface area (Å²) in [4.78, 5) is 10.7. The Morgan fingerprint density at radius 3 is 2.46 bits per heavy atom. The Kier molecular flexibility index (Phi) is 5.66. The van der Waals surface area contributed by atoms with Crippen molar-refractivity contribution in [2.24, 2.45) is 0 Å². The van der Waals surface area contributed by atoms with Crippen LogP contribution in [0.3, 0.4) is 0 Å². The van der Waals surface area contributed by atoms with E-state index in [1.807, 2.05) is 0 Å². The average molecular weight is 190 g/mol. The molecule has 0 unspecified atom stereocenters. The Bertz CT molecular complexity index is 148. The molecule has 0 aliphatic heterocycles. The summed E-state index contributed by atoms with van der Waals surface area (Å²) in [5.74, 6) is -1.28. The summed E-state index contributed by atoms with van der Waals surface area (Å²) in [5, 5.41) is 9.16. The fourth-order valence-electron chi connectivity index (χ4n) is 0.795. The van der Waals surface area contributed by atoms with E-state index < -0.39 is 5.79 Å². The van der Waals surface area contributed by atoms with Gasteiger partial charge in [-0.05, 0) is 26.7 Å². The molecule has 4 nitrogen and oxygen atoms in total. The van der Waals surface area contributed by atoms with Crippen LogP contribution in [0.5, 0.6) is 0 Å².